The minimum Gasteiger partial charge on any atom is -0.493 e. The van der Waals surface area contributed by atoms with E-state index in [4.69, 9.17) is 16.2 Å². The van der Waals surface area contributed by atoms with E-state index in [-0.39, 0.29) is 5.96 Å². The van der Waals surface area contributed by atoms with Crippen LogP contribution in [0.25, 0.3) is 10.6 Å². The summed E-state index contributed by atoms with van der Waals surface area (Å²) in [5, 5.41) is 0.751. The Morgan fingerprint density at radius 3 is 2.68 bits per heavy atom. The van der Waals surface area contributed by atoms with Gasteiger partial charge in [-0.1, -0.05) is 12.1 Å². The van der Waals surface area contributed by atoms with E-state index in [1.54, 1.807) is 6.92 Å². The van der Waals surface area contributed by atoms with Gasteiger partial charge in [0.25, 0.3) is 5.91 Å². The fourth-order valence-corrected chi connectivity index (χ4v) is 4.90. The third-order valence-corrected chi connectivity index (χ3v) is 6.92. The predicted molar refractivity (Wildman–Crippen MR) is 111 cm³/mol. The van der Waals surface area contributed by atoms with Crippen LogP contribution in [0.15, 0.2) is 29.3 Å². The molecule has 5 rings (SSSR count). The largest absolute Gasteiger partial charge is 0.493 e. The summed E-state index contributed by atoms with van der Waals surface area (Å²) >= 11 is 1.29. The molecule has 3 aliphatic rings. The summed E-state index contributed by atoms with van der Waals surface area (Å²) in [6.07, 6.45) is 3.65. The summed E-state index contributed by atoms with van der Waals surface area (Å²) in [6, 6.07) is 7.89. The third-order valence-electron chi connectivity index (χ3n) is 5.72. The van der Waals surface area contributed by atoms with Crippen molar-refractivity contribution in [2.24, 2.45) is 21.9 Å². The van der Waals surface area contributed by atoms with Crippen molar-refractivity contribution in [3.05, 3.63) is 34.8 Å². The van der Waals surface area contributed by atoms with Crippen LogP contribution in [0.5, 0.6) is 5.75 Å². The molecule has 7 nitrogen and oxygen atoms in total. The number of carbonyl (C=O) groups excluding carboxylic acids is 1. The standard InChI is InChI=1S/C20H25N5O2S/c1-13-16(17(26)24-19(21)22)28-18(23-13)14-3-2-4-15(11-14)27-12-20-5-8-25(9-6-20)10-7-20/h2-4,11H,5-10,12H2,1H3,(H4,21,22,24,26). The number of nitrogens with zero attached hydrogens (tertiary/aromatic N) is 3. The van der Waals surface area contributed by atoms with Crippen molar-refractivity contribution in [3.63, 3.8) is 0 Å². The molecule has 0 unspecified atom stereocenters. The number of aromatic nitrogens is 1. The highest BCUT2D eigenvalue weighted by Crippen LogP contribution is 2.40. The van der Waals surface area contributed by atoms with Crippen LogP contribution >= 0.6 is 11.3 Å². The molecule has 28 heavy (non-hydrogen) atoms. The Bertz CT molecular complexity index is 897. The molecule has 2 bridgehead atoms. The molecule has 4 heterocycles. The van der Waals surface area contributed by atoms with E-state index >= 15 is 0 Å². The number of fused-ring (bicyclic) bond motifs is 3. The van der Waals surface area contributed by atoms with Crippen molar-refractivity contribution >= 4 is 23.2 Å². The zero-order valence-corrected chi connectivity index (χ0v) is 16.8. The second-order valence-electron chi connectivity index (χ2n) is 7.68. The molecule has 0 atom stereocenters. The lowest BCUT2D eigenvalue weighted by atomic mass is 9.73. The maximum Gasteiger partial charge on any atom is 0.292 e. The van der Waals surface area contributed by atoms with Gasteiger partial charge < -0.3 is 21.1 Å². The van der Waals surface area contributed by atoms with Gasteiger partial charge in [0.05, 0.1) is 12.3 Å². The van der Waals surface area contributed by atoms with E-state index in [1.807, 2.05) is 24.3 Å². The fraction of sp³-hybridized carbons (Fsp3) is 0.450. The monoisotopic (exact) mass is 399 g/mol. The SMILES string of the molecule is Cc1nc(-c2cccc(OCC34CCN(CC3)CC4)c2)sc1C(=O)N=C(N)N. The Morgan fingerprint density at radius 2 is 2.00 bits per heavy atom. The Labute approximate surface area is 168 Å². The van der Waals surface area contributed by atoms with Crippen LogP contribution < -0.4 is 16.2 Å². The van der Waals surface area contributed by atoms with Gasteiger partial charge in [-0.05, 0) is 58.0 Å². The summed E-state index contributed by atoms with van der Waals surface area (Å²) in [6.45, 7) is 6.11. The van der Waals surface area contributed by atoms with Crippen LogP contribution in [0.1, 0.15) is 34.6 Å². The number of hydrogen-bond donors (Lipinski definition) is 2. The van der Waals surface area contributed by atoms with Gasteiger partial charge in [0.2, 0.25) is 0 Å². The van der Waals surface area contributed by atoms with E-state index < -0.39 is 5.91 Å². The van der Waals surface area contributed by atoms with Crippen molar-refractivity contribution < 1.29 is 9.53 Å². The smallest absolute Gasteiger partial charge is 0.292 e. The van der Waals surface area contributed by atoms with Crippen LogP contribution in [0, 0.1) is 12.3 Å². The van der Waals surface area contributed by atoms with Crippen LogP contribution in [0.2, 0.25) is 0 Å². The van der Waals surface area contributed by atoms with E-state index in [0.29, 0.717) is 16.0 Å². The number of amides is 1. The van der Waals surface area contributed by atoms with Crippen LogP contribution in [0.4, 0.5) is 0 Å². The predicted octanol–water partition coefficient (Wildman–Crippen LogP) is 2.40. The Hall–Kier alpha value is -2.45. The van der Waals surface area contributed by atoms with Crippen molar-refractivity contribution in [2.45, 2.75) is 26.2 Å². The lowest BCUT2D eigenvalue weighted by Gasteiger charge is -2.48. The molecule has 3 aliphatic heterocycles. The molecule has 1 aromatic carbocycles. The van der Waals surface area contributed by atoms with Gasteiger partial charge in [-0.15, -0.1) is 11.3 Å². The van der Waals surface area contributed by atoms with Crippen molar-refractivity contribution in [1.82, 2.24) is 9.88 Å². The minimum absolute atomic E-state index is 0.248. The van der Waals surface area contributed by atoms with Crippen LogP contribution in [-0.2, 0) is 0 Å². The van der Waals surface area contributed by atoms with Gasteiger partial charge in [0.1, 0.15) is 15.6 Å². The van der Waals surface area contributed by atoms with Gasteiger partial charge in [-0.25, -0.2) is 4.98 Å². The number of thiazole rings is 1. The normalized spacial score (nSPS) is 23.4. The molecule has 3 fully saturated rings. The highest BCUT2D eigenvalue weighted by Gasteiger charge is 2.39. The molecule has 148 valence electrons. The number of guanidine groups is 1. The lowest BCUT2D eigenvalue weighted by molar-refractivity contribution is -0.00765. The average Bonchev–Trinajstić information content (AvgIpc) is 3.10. The first-order valence-corrected chi connectivity index (χ1v) is 10.3. The second-order valence-corrected chi connectivity index (χ2v) is 8.68. The first-order valence-electron chi connectivity index (χ1n) is 9.51. The van der Waals surface area contributed by atoms with Gasteiger partial charge in [0.15, 0.2) is 5.96 Å². The highest BCUT2D eigenvalue weighted by molar-refractivity contribution is 7.17. The molecule has 8 heteroatoms. The number of ether oxygens (including phenoxy) is 1. The Balaban J connectivity index is 1.49. The van der Waals surface area contributed by atoms with Gasteiger partial charge in [-0.2, -0.15) is 4.99 Å². The number of aliphatic imine (C=N–C) groups is 1. The highest BCUT2D eigenvalue weighted by atomic mass is 32.1. The molecule has 2 aromatic rings. The van der Waals surface area contributed by atoms with Crippen LogP contribution in [0.3, 0.4) is 0 Å². The topological polar surface area (TPSA) is 107 Å². The zero-order chi connectivity index (χ0) is 19.7. The van der Waals surface area contributed by atoms with Crippen molar-refractivity contribution in [2.75, 3.05) is 26.2 Å². The molecule has 3 saturated heterocycles. The summed E-state index contributed by atoms with van der Waals surface area (Å²) < 4.78 is 6.20. The molecule has 0 aliphatic carbocycles. The maximum atomic E-state index is 12.1. The number of nitrogens with two attached hydrogens (primary N) is 2. The maximum absolute atomic E-state index is 12.1. The zero-order valence-electron chi connectivity index (χ0n) is 16.0. The number of rotatable bonds is 5. The van der Waals surface area contributed by atoms with E-state index in [0.717, 1.165) is 22.9 Å². The number of aryl methyl sites for hydroxylation is 1. The molecular formula is C20H25N5O2S. The number of hydrogen-bond acceptors (Lipinski definition) is 5. The second kappa shape index (κ2) is 7.52. The van der Waals surface area contributed by atoms with Gasteiger partial charge in [-0.3, -0.25) is 4.79 Å². The van der Waals surface area contributed by atoms with E-state index in [2.05, 4.69) is 14.9 Å². The molecule has 1 amide bonds. The van der Waals surface area contributed by atoms with Gasteiger partial charge >= 0.3 is 0 Å². The summed E-state index contributed by atoms with van der Waals surface area (Å²) in [5.74, 6) is 0.129. The summed E-state index contributed by atoms with van der Waals surface area (Å²) in [5.41, 5.74) is 12.5. The first-order chi connectivity index (χ1) is 13.4. The Kier molecular flexibility index (Phi) is 5.07. The van der Waals surface area contributed by atoms with E-state index in [1.165, 1.54) is 50.2 Å². The number of carbonyl (C=O) groups is 1. The number of piperidine rings is 3. The first kappa shape index (κ1) is 18.9. The molecule has 0 spiro atoms. The minimum atomic E-state index is -0.462. The lowest BCUT2D eigenvalue weighted by Crippen LogP contribution is -2.50. The molecule has 4 N–H and O–H groups in total. The summed E-state index contributed by atoms with van der Waals surface area (Å²) in [7, 11) is 0. The summed E-state index contributed by atoms with van der Waals surface area (Å²) in [4.78, 5) is 23.2. The average molecular weight is 400 g/mol. The van der Waals surface area contributed by atoms with Crippen LogP contribution in [-0.4, -0.2) is 48.0 Å². The fourth-order valence-electron chi connectivity index (χ4n) is 3.95. The number of benzene rings is 1. The van der Waals surface area contributed by atoms with Gasteiger partial charge in [0, 0.05) is 11.0 Å². The molecule has 0 radical (unpaired) electrons. The van der Waals surface area contributed by atoms with E-state index in [9.17, 15) is 4.79 Å². The molecular weight excluding hydrogens is 374 g/mol. The third kappa shape index (κ3) is 3.88. The van der Waals surface area contributed by atoms with Crippen molar-refractivity contribution in [1.29, 1.82) is 0 Å². The molecule has 1 aromatic heterocycles. The quantitative estimate of drug-likeness (QED) is 0.591. The Morgan fingerprint density at radius 1 is 1.29 bits per heavy atom. The molecule has 0 saturated carbocycles. The van der Waals surface area contributed by atoms with Crippen molar-refractivity contribution in [3.8, 4) is 16.3 Å².